The van der Waals surface area contributed by atoms with Crippen LogP contribution in [0.3, 0.4) is 0 Å². The molecule has 0 atom stereocenters. The van der Waals surface area contributed by atoms with Crippen LogP contribution in [0.1, 0.15) is 67.2 Å². The van der Waals surface area contributed by atoms with E-state index in [1.54, 1.807) is 0 Å². The summed E-state index contributed by atoms with van der Waals surface area (Å²) in [6, 6.07) is 2.04. The van der Waals surface area contributed by atoms with Crippen molar-refractivity contribution in [2.75, 3.05) is 0 Å². The van der Waals surface area contributed by atoms with Crippen molar-refractivity contribution in [3.63, 3.8) is 0 Å². The summed E-state index contributed by atoms with van der Waals surface area (Å²) in [7, 11) is -0.355. The molecule has 3 rings (SSSR count). The zero-order valence-corrected chi connectivity index (χ0v) is 15.6. The van der Waals surface area contributed by atoms with Gasteiger partial charge in [-0.15, -0.1) is 0 Å². The predicted octanol–water partition coefficient (Wildman–Crippen LogP) is 3.40. The Balaban J connectivity index is 1.61. The molecule has 1 aliphatic carbocycles. The molecule has 1 saturated carbocycles. The zero-order chi connectivity index (χ0) is 16.9. The fraction of sp³-hybridized carbons (Fsp3) is 0.833. The number of rotatable bonds is 3. The van der Waals surface area contributed by atoms with E-state index in [1.165, 1.54) is 25.7 Å². The van der Waals surface area contributed by atoms with Crippen molar-refractivity contribution in [3.8, 4) is 0 Å². The molecule has 5 heteroatoms. The Morgan fingerprint density at radius 2 is 1.65 bits per heavy atom. The third-order valence-electron chi connectivity index (χ3n) is 6.06. The average Bonchev–Trinajstić information content (AvgIpc) is 2.96. The summed E-state index contributed by atoms with van der Waals surface area (Å²) in [4.78, 5) is 0. The van der Waals surface area contributed by atoms with Gasteiger partial charge in [-0.3, -0.25) is 4.68 Å². The van der Waals surface area contributed by atoms with Crippen LogP contribution in [0.4, 0.5) is 0 Å². The van der Waals surface area contributed by atoms with Gasteiger partial charge in [0, 0.05) is 12.7 Å². The van der Waals surface area contributed by atoms with Gasteiger partial charge in [0.05, 0.1) is 16.8 Å². The monoisotopic (exact) mass is 318 g/mol. The Labute approximate surface area is 141 Å². The van der Waals surface area contributed by atoms with Gasteiger partial charge in [-0.25, -0.2) is 0 Å². The highest BCUT2D eigenvalue weighted by Gasteiger charge is 2.52. The molecule has 0 radical (unpaired) electrons. The first kappa shape index (κ1) is 17.0. The van der Waals surface area contributed by atoms with Crippen LogP contribution in [0.25, 0.3) is 0 Å². The fourth-order valence-corrected chi connectivity index (χ4v) is 3.47. The highest BCUT2D eigenvalue weighted by atomic mass is 16.7. The van der Waals surface area contributed by atoms with Crippen molar-refractivity contribution in [2.45, 2.75) is 85.0 Å². The first-order chi connectivity index (χ1) is 10.6. The molecule has 23 heavy (non-hydrogen) atoms. The molecule has 2 aliphatic rings. The smallest absolute Gasteiger partial charge is 0.398 e. The third-order valence-corrected chi connectivity index (χ3v) is 6.06. The van der Waals surface area contributed by atoms with E-state index < -0.39 is 0 Å². The van der Waals surface area contributed by atoms with Gasteiger partial charge in [-0.1, -0.05) is 13.8 Å². The standard InChI is InChI=1S/C18H31BN2O2/c1-16(2)10-7-14(8-11-16)13-21-12-9-15(20-21)19-22-17(3,4)18(5,6)23-19/h9,12,14H,7-8,10-11,13H2,1-6H3. The van der Waals surface area contributed by atoms with Crippen LogP contribution in [0.5, 0.6) is 0 Å². The Kier molecular flexibility index (Phi) is 4.17. The zero-order valence-electron chi connectivity index (χ0n) is 15.6. The van der Waals surface area contributed by atoms with Gasteiger partial charge >= 0.3 is 7.12 Å². The number of aromatic nitrogens is 2. The molecule has 0 unspecified atom stereocenters. The lowest BCUT2D eigenvalue weighted by Crippen LogP contribution is -2.41. The van der Waals surface area contributed by atoms with E-state index in [9.17, 15) is 0 Å². The second kappa shape index (κ2) is 5.63. The minimum absolute atomic E-state index is 0.309. The Bertz CT molecular complexity index is 539. The summed E-state index contributed by atoms with van der Waals surface area (Å²) >= 11 is 0. The van der Waals surface area contributed by atoms with Crippen LogP contribution >= 0.6 is 0 Å². The lowest BCUT2D eigenvalue weighted by Gasteiger charge is -2.34. The number of hydrogen-bond donors (Lipinski definition) is 0. The van der Waals surface area contributed by atoms with Gasteiger partial charge in [-0.2, -0.15) is 5.10 Å². The second-order valence-corrected chi connectivity index (χ2v) is 9.16. The lowest BCUT2D eigenvalue weighted by molar-refractivity contribution is 0.00578. The van der Waals surface area contributed by atoms with E-state index >= 15 is 0 Å². The van der Waals surface area contributed by atoms with Gasteiger partial charge in [0.2, 0.25) is 0 Å². The van der Waals surface area contributed by atoms with Gasteiger partial charge in [0.1, 0.15) is 0 Å². The molecule has 0 bridgehead atoms. The van der Waals surface area contributed by atoms with Crippen LogP contribution in [0, 0.1) is 11.3 Å². The van der Waals surface area contributed by atoms with Crippen molar-refractivity contribution >= 4 is 12.7 Å². The molecular formula is C18H31BN2O2. The third kappa shape index (κ3) is 3.51. The van der Waals surface area contributed by atoms with Gasteiger partial charge in [0.25, 0.3) is 0 Å². The highest BCUT2D eigenvalue weighted by Crippen LogP contribution is 2.38. The summed E-state index contributed by atoms with van der Waals surface area (Å²) in [6.07, 6.45) is 7.32. The summed E-state index contributed by atoms with van der Waals surface area (Å²) in [5.41, 5.74) is 0.793. The maximum atomic E-state index is 6.08. The molecule has 0 aromatic carbocycles. The predicted molar refractivity (Wildman–Crippen MR) is 93.7 cm³/mol. The molecule has 1 aromatic heterocycles. The average molecular weight is 318 g/mol. The van der Waals surface area contributed by atoms with Gasteiger partial charge < -0.3 is 9.31 Å². The SMILES string of the molecule is CC1(C)CCC(Cn2ccc(B3OC(C)(C)C(C)(C)O3)n2)CC1. The molecular weight excluding hydrogens is 287 g/mol. The van der Waals surface area contributed by atoms with Crippen LogP contribution in [-0.2, 0) is 15.9 Å². The molecule has 1 saturated heterocycles. The molecule has 1 aliphatic heterocycles. The topological polar surface area (TPSA) is 36.3 Å². The largest absolute Gasteiger partial charge is 0.516 e. The minimum Gasteiger partial charge on any atom is -0.398 e. The Morgan fingerprint density at radius 3 is 2.22 bits per heavy atom. The van der Waals surface area contributed by atoms with E-state index in [0.29, 0.717) is 5.41 Å². The molecule has 0 amide bonds. The van der Waals surface area contributed by atoms with Crippen molar-refractivity contribution in [2.24, 2.45) is 11.3 Å². The summed E-state index contributed by atoms with van der Waals surface area (Å²) < 4.78 is 14.2. The summed E-state index contributed by atoms with van der Waals surface area (Å²) in [5.74, 6) is 0.745. The van der Waals surface area contributed by atoms with Crippen LogP contribution in [0.15, 0.2) is 12.3 Å². The van der Waals surface area contributed by atoms with E-state index in [4.69, 9.17) is 14.4 Å². The van der Waals surface area contributed by atoms with E-state index in [-0.39, 0.29) is 18.3 Å². The molecule has 2 heterocycles. The highest BCUT2D eigenvalue weighted by molar-refractivity contribution is 6.61. The Morgan fingerprint density at radius 1 is 1.09 bits per heavy atom. The molecule has 1 aromatic rings. The van der Waals surface area contributed by atoms with E-state index in [1.807, 2.05) is 6.07 Å². The van der Waals surface area contributed by atoms with Crippen LogP contribution < -0.4 is 5.59 Å². The van der Waals surface area contributed by atoms with E-state index in [0.717, 1.165) is 18.1 Å². The summed E-state index contributed by atoms with van der Waals surface area (Å²) in [5, 5.41) is 4.72. The lowest BCUT2D eigenvalue weighted by atomic mass is 9.73. The van der Waals surface area contributed by atoms with E-state index in [2.05, 4.69) is 52.4 Å². The van der Waals surface area contributed by atoms with Crippen molar-refractivity contribution in [3.05, 3.63) is 12.3 Å². The van der Waals surface area contributed by atoms with Crippen LogP contribution in [0.2, 0.25) is 0 Å². The molecule has 4 nitrogen and oxygen atoms in total. The van der Waals surface area contributed by atoms with Crippen molar-refractivity contribution in [1.82, 2.24) is 9.78 Å². The van der Waals surface area contributed by atoms with Crippen LogP contribution in [-0.4, -0.2) is 28.1 Å². The number of nitrogens with zero attached hydrogens (tertiary/aromatic N) is 2. The molecule has 128 valence electrons. The minimum atomic E-state index is -0.355. The van der Waals surface area contributed by atoms with Gasteiger partial charge in [-0.05, 0) is 70.8 Å². The molecule has 0 N–H and O–H groups in total. The fourth-order valence-electron chi connectivity index (χ4n) is 3.47. The second-order valence-electron chi connectivity index (χ2n) is 9.16. The maximum absolute atomic E-state index is 6.08. The first-order valence-electron chi connectivity index (χ1n) is 8.97. The van der Waals surface area contributed by atoms with Crippen molar-refractivity contribution in [1.29, 1.82) is 0 Å². The molecule has 2 fully saturated rings. The number of hydrogen-bond acceptors (Lipinski definition) is 3. The normalized spacial score (nSPS) is 26.6. The summed E-state index contributed by atoms with van der Waals surface area (Å²) in [6.45, 7) is 14.1. The van der Waals surface area contributed by atoms with Gasteiger partial charge in [0.15, 0.2) is 0 Å². The first-order valence-corrected chi connectivity index (χ1v) is 8.97. The Hall–Kier alpha value is -0.805. The maximum Gasteiger partial charge on any atom is 0.516 e. The quantitative estimate of drug-likeness (QED) is 0.802. The molecule has 0 spiro atoms. The van der Waals surface area contributed by atoms with Crippen molar-refractivity contribution < 1.29 is 9.31 Å².